The molecular weight excluding hydrogens is 572 g/mol. The molecule has 18 nitrogen and oxygen atoms in total. The lowest BCUT2D eigenvalue weighted by Gasteiger charge is -2.07. The zero-order chi connectivity index (χ0) is 34.7. The van der Waals surface area contributed by atoms with Gasteiger partial charge in [0, 0.05) is 6.54 Å². The van der Waals surface area contributed by atoms with E-state index < -0.39 is 48.0 Å². The molecule has 0 aromatic rings. The number of nitrogens with two attached hydrogens (primary N) is 6. The average Bonchev–Trinajstić information content (AvgIpc) is 3.42. The maximum atomic E-state index is 10.2. The summed E-state index contributed by atoms with van der Waals surface area (Å²) in [5.74, 6) is -3.79. The monoisotopic (exact) mass is 626 g/mol. The number of carbonyl (C=O) groups is 5. The molecule has 1 heterocycles. The van der Waals surface area contributed by atoms with E-state index in [1.807, 2.05) is 27.7 Å². The van der Waals surface area contributed by atoms with Crippen LogP contribution in [0.5, 0.6) is 0 Å². The van der Waals surface area contributed by atoms with E-state index in [0.29, 0.717) is 44.1 Å². The van der Waals surface area contributed by atoms with Gasteiger partial charge in [-0.1, -0.05) is 27.7 Å². The summed E-state index contributed by atoms with van der Waals surface area (Å²) < 4.78 is 0. The molecule has 1 aliphatic heterocycles. The topological polar surface area (TPSA) is 367 Å². The van der Waals surface area contributed by atoms with Crippen molar-refractivity contribution in [3.63, 3.8) is 0 Å². The lowest BCUT2D eigenvalue weighted by Crippen LogP contribution is -2.31. The predicted octanol–water partition coefficient (Wildman–Crippen LogP) is -1.81. The Bertz CT molecular complexity index is 792. The van der Waals surface area contributed by atoms with Gasteiger partial charge < -0.3 is 65.3 Å². The van der Waals surface area contributed by atoms with Crippen molar-refractivity contribution >= 4 is 35.8 Å². The summed E-state index contributed by atoms with van der Waals surface area (Å²) in [4.78, 5) is 53.5. The minimum Gasteiger partial charge on any atom is -0.480 e. The van der Waals surface area contributed by atoms with Crippen molar-refractivity contribution < 1.29 is 49.5 Å². The summed E-state index contributed by atoms with van der Waals surface area (Å²) in [7, 11) is 0. The fraction of sp³-hybridized carbons (Fsp3) is 0.760. The molecule has 0 spiro atoms. The Morgan fingerprint density at radius 3 is 1.37 bits per heavy atom. The number of hydrogen-bond donors (Lipinski definition) is 12. The van der Waals surface area contributed by atoms with Crippen LogP contribution >= 0.6 is 0 Å². The number of nitrogens with zero attached hydrogens (tertiary/aromatic N) is 1. The summed E-state index contributed by atoms with van der Waals surface area (Å²) >= 11 is 0. The zero-order valence-electron chi connectivity index (χ0n) is 25.5. The summed E-state index contributed by atoms with van der Waals surface area (Å²) in [6, 6.07) is -2.47. The second-order valence-electron chi connectivity index (χ2n) is 10.1. The van der Waals surface area contributed by atoms with Gasteiger partial charge in [0.05, 0.1) is 6.54 Å². The van der Waals surface area contributed by atoms with Crippen LogP contribution in [0, 0.1) is 11.8 Å². The molecule has 18 heteroatoms. The van der Waals surface area contributed by atoms with Crippen LogP contribution in [0.25, 0.3) is 0 Å². The van der Waals surface area contributed by atoms with E-state index in [-0.39, 0.29) is 18.5 Å². The third-order valence-corrected chi connectivity index (χ3v) is 4.90. The third kappa shape index (κ3) is 38.4. The number of aliphatic carboxylic acids is 5. The van der Waals surface area contributed by atoms with E-state index >= 15 is 0 Å². The standard InChI is InChI=1S/C6H14N4O2.2C6H13NO2.C5H9NO2.C2H5NO2/c7-4(5(11)12)2-1-3-10-6(8)9;2*1-4(2)3-5(7)6(8)9;7-5(8)4-2-1-3-6-4;3-1-2(4)5/h4H,1-3,7H2,(H,11,12)(H4,8,9,10);2*4-5H,3,7H2,1-2H3,(H,8,9);4,6H,1-3H2,(H,7,8);1,3H2,(H,4,5)/t;;;4-;/m...0./s1. The third-order valence-electron chi connectivity index (χ3n) is 4.90. The van der Waals surface area contributed by atoms with Crippen LogP contribution in [0.3, 0.4) is 0 Å². The van der Waals surface area contributed by atoms with Crippen LogP contribution in [0.2, 0.25) is 0 Å². The second kappa shape index (κ2) is 28.5. The molecule has 254 valence electrons. The second-order valence-corrected chi connectivity index (χ2v) is 10.1. The number of carboxylic acids is 5. The van der Waals surface area contributed by atoms with Gasteiger partial charge in [-0.25, -0.2) is 0 Å². The number of guanidine groups is 1. The van der Waals surface area contributed by atoms with E-state index in [1.165, 1.54) is 0 Å². The van der Waals surface area contributed by atoms with E-state index in [1.54, 1.807) is 0 Å². The van der Waals surface area contributed by atoms with Crippen molar-refractivity contribution in [1.29, 1.82) is 0 Å². The van der Waals surface area contributed by atoms with Crippen molar-refractivity contribution in [1.82, 2.24) is 5.32 Å². The lowest BCUT2D eigenvalue weighted by atomic mass is 10.1. The van der Waals surface area contributed by atoms with Crippen LogP contribution in [0.15, 0.2) is 4.99 Å². The summed E-state index contributed by atoms with van der Waals surface area (Å²) in [6.45, 7) is 8.79. The van der Waals surface area contributed by atoms with Gasteiger partial charge in [-0.15, -0.1) is 0 Å². The normalized spacial score (nSPS) is 15.3. The molecule has 0 aromatic heterocycles. The molecule has 1 saturated heterocycles. The first-order valence-electron chi connectivity index (χ1n) is 13.6. The molecule has 43 heavy (non-hydrogen) atoms. The maximum absolute atomic E-state index is 10.2. The summed E-state index contributed by atoms with van der Waals surface area (Å²) in [5.41, 5.74) is 30.3. The first kappa shape index (κ1) is 46.4. The van der Waals surface area contributed by atoms with E-state index in [9.17, 15) is 24.0 Å². The molecule has 1 rings (SSSR count). The van der Waals surface area contributed by atoms with Crippen LogP contribution in [-0.4, -0.2) is 105 Å². The molecule has 3 unspecified atom stereocenters. The molecule has 18 N–H and O–H groups in total. The van der Waals surface area contributed by atoms with E-state index in [2.05, 4.69) is 16.0 Å². The Morgan fingerprint density at radius 2 is 1.19 bits per heavy atom. The zero-order valence-corrected chi connectivity index (χ0v) is 25.5. The molecule has 1 fully saturated rings. The SMILES string of the molecule is CC(C)CC(N)C(=O)O.CC(C)CC(N)C(=O)O.NC(N)=NCCCC(N)C(=O)O.NCC(=O)O.O=C(O)[C@@H]1CCCN1. The van der Waals surface area contributed by atoms with Gasteiger partial charge in [-0.3, -0.25) is 29.0 Å². The first-order chi connectivity index (χ1) is 19.7. The van der Waals surface area contributed by atoms with Crippen LogP contribution < -0.4 is 39.7 Å². The highest BCUT2D eigenvalue weighted by Gasteiger charge is 2.20. The minimum absolute atomic E-state index is 0.0129. The van der Waals surface area contributed by atoms with Gasteiger partial charge in [-0.05, 0) is 56.9 Å². The molecule has 0 amide bonds. The molecule has 0 aliphatic carbocycles. The van der Waals surface area contributed by atoms with Crippen LogP contribution in [0.4, 0.5) is 0 Å². The van der Waals surface area contributed by atoms with Gasteiger partial charge in [0.2, 0.25) is 0 Å². The Kier molecular flexibility index (Phi) is 30.8. The summed E-state index contributed by atoms with van der Waals surface area (Å²) in [5, 5.41) is 43.8. The van der Waals surface area contributed by atoms with E-state index in [0.717, 1.165) is 19.4 Å². The van der Waals surface area contributed by atoms with Gasteiger partial charge in [-0.2, -0.15) is 0 Å². The highest BCUT2D eigenvalue weighted by molar-refractivity contribution is 5.76. The first-order valence-corrected chi connectivity index (χ1v) is 13.6. The van der Waals surface area contributed by atoms with Gasteiger partial charge in [0.25, 0.3) is 0 Å². The molecule has 0 aromatic carbocycles. The largest absolute Gasteiger partial charge is 0.480 e. The highest BCUT2D eigenvalue weighted by Crippen LogP contribution is 2.04. The Morgan fingerprint density at radius 1 is 0.791 bits per heavy atom. The molecule has 0 saturated carbocycles. The number of rotatable bonds is 13. The van der Waals surface area contributed by atoms with Crippen molar-refractivity contribution in [2.75, 3.05) is 19.6 Å². The quantitative estimate of drug-likeness (QED) is 0.0608. The van der Waals surface area contributed by atoms with Gasteiger partial charge in [0.1, 0.15) is 24.2 Å². The van der Waals surface area contributed by atoms with E-state index in [4.69, 9.17) is 54.2 Å². The van der Waals surface area contributed by atoms with Crippen molar-refractivity contribution in [3.05, 3.63) is 0 Å². The van der Waals surface area contributed by atoms with Crippen LogP contribution in [0.1, 0.15) is 66.2 Å². The Hall–Kier alpha value is -3.58. The molecular formula is C25H54N8O10. The number of aliphatic imine (C=N–C) groups is 1. The number of nitrogens with one attached hydrogen (secondary N) is 1. The van der Waals surface area contributed by atoms with Gasteiger partial charge in [0.15, 0.2) is 5.96 Å². The fourth-order valence-corrected chi connectivity index (χ4v) is 2.76. The summed E-state index contributed by atoms with van der Waals surface area (Å²) in [6.07, 6.45) is 3.84. The van der Waals surface area contributed by atoms with Crippen molar-refractivity contribution in [3.8, 4) is 0 Å². The molecule has 0 radical (unpaired) electrons. The smallest absolute Gasteiger partial charge is 0.320 e. The minimum atomic E-state index is -1.00. The Balaban J connectivity index is -0.000000226. The molecule has 1 aliphatic rings. The molecule has 0 bridgehead atoms. The van der Waals surface area contributed by atoms with Crippen LogP contribution in [-0.2, 0) is 24.0 Å². The molecule has 4 atom stereocenters. The Labute approximate surface area is 252 Å². The lowest BCUT2D eigenvalue weighted by molar-refractivity contribution is -0.139. The van der Waals surface area contributed by atoms with Gasteiger partial charge >= 0.3 is 29.8 Å². The fourth-order valence-electron chi connectivity index (χ4n) is 2.76. The average molecular weight is 627 g/mol. The maximum Gasteiger partial charge on any atom is 0.320 e. The number of carboxylic acid groups (broad SMARTS) is 5. The highest BCUT2D eigenvalue weighted by atomic mass is 16.4. The van der Waals surface area contributed by atoms with Crippen molar-refractivity contribution in [2.45, 2.75) is 90.4 Å². The number of hydrogen-bond acceptors (Lipinski definition) is 11. The van der Waals surface area contributed by atoms with Crippen molar-refractivity contribution in [2.24, 2.45) is 51.2 Å². The predicted molar refractivity (Wildman–Crippen MR) is 161 cm³/mol.